The fourth-order valence-corrected chi connectivity index (χ4v) is 2.98. The van der Waals surface area contributed by atoms with Crippen LogP contribution in [0.25, 0.3) is 6.08 Å². The van der Waals surface area contributed by atoms with E-state index in [1.54, 1.807) is 36.4 Å². The lowest BCUT2D eigenvalue weighted by Gasteiger charge is -2.08. The molecule has 114 valence electrons. The monoisotopic (exact) mass is 355 g/mol. The molecule has 0 saturated carbocycles. The van der Waals surface area contributed by atoms with Crippen molar-refractivity contribution in [1.29, 1.82) is 0 Å². The van der Waals surface area contributed by atoms with Crippen LogP contribution in [0.15, 0.2) is 59.5 Å². The van der Waals surface area contributed by atoms with Crippen LogP contribution in [0.5, 0.6) is 0 Å². The van der Waals surface area contributed by atoms with E-state index in [-0.39, 0.29) is 4.90 Å². The zero-order chi connectivity index (χ0) is 16.2. The summed E-state index contributed by atoms with van der Waals surface area (Å²) in [5.41, 5.74) is 0.953. The Morgan fingerprint density at radius 3 is 2.41 bits per heavy atom. The molecule has 0 aliphatic carbocycles. The smallest absolute Gasteiger partial charge is 0.261 e. The van der Waals surface area contributed by atoms with Crippen LogP contribution in [-0.2, 0) is 14.8 Å². The largest absolute Gasteiger partial charge is 0.280 e. The van der Waals surface area contributed by atoms with Gasteiger partial charge in [0.1, 0.15) is 0 Å². The summed E-state index contributed by atoms with van der Waals surface area (Å²) in [7, 11) is -3.73. The van der Waals surface area contributed by atoms with Crippen molar-refractivity contribution in [3.63, 3.8) is 0 Å². The Bertz CT molecular complexity index is 815. The van der Waals surface area contributed by atoms with Gasteiger partial charge in [0.2, 0.25) is 5.24 Å². The minimum atomic E-state index is -3.73. The van der Waals surface area contributed by atoms with Gasteiger partial charge in [0.15, 0.2) is 0 Å². The topological polar surface area (TPSA) is 63.2 Å². The van der Waals surface area contributed by atoms with Crippen LogP contribution in [0.1, 0.15) is 5.56 Å². The maximum Gasteiger partial charge on any atom is 0.261 e. The summed E-state index contributed by atoms with van der Waals surface area (Å²) in [5, 5.41) is -0.117. The summed E-state index contributed by atoms with van der Waals surface area (Å²) >= 11 is 11.0. The fraction of sp³-hybridized carbons (Fsp3) is 0. The zero-order valence-corrected chi connectivity index (χ0v) is 13.5. The Morgan fingerprint density at radius 1 is 1.09 bits per heavy atom. The summed E-state index contributed by atoms with van der Waals surface area (Å²) < 4.78 is 27.1. The molecule has 0 radical (unpaired) electrons. The highest BCUT2D eigenvalue weighted by Crippen LogP contribution is 2.19. The van der Waals surface area contributed by atoms with Crippen LogP contribution >= 0.6 is 23.2 Å². The molecule has 0 bridgehead atoms. The van der Waals surface area contributed by atoms with E-state index >= 15 is 0 Å². The molecule has 0 spiro atoms. The maximum atomic E-state index is 12.3. The van der Waals surface area contributed by atoms with E-state index in [4.69, 9.17) is 23.2 Å². The predicted molar refractivity (Wildman–Crippen MR) is 88.6 cm³/mol. The molecule has 0 aliphatic rings. The van der Waals surface area contributed by atoms with Crippen LogP contribution in [0.4, 0.5) is 5.69 Å². The number of nitrogens with one attached hydrogen (secondary N) is 1. The normalized spacial score (nSPS) is 11.5. The summed E-state index contributed by atoms with van der Waals surface area (Å²) in [6.07, 6.45) is 2.59. The molecule has 0 fully saturated rings. The first-order chi connectivity index (χ1) is 10.4. The second-order valence-corrected chi connectivity index (χ2v) is 6.81. The highest BCUT2D eigenvalue weighted by molar-refractivity contribution is 7.92. The molecule has 2 rings (SSSR count). The number of anilines is 1. The molecule has 2 aromatic rings. The molecule has 0 unspecified atom stereocenters. The third kappa shape index (κ3) is 4.59. The molecule has 2 aromatic carbocycles. The number of hydrogen-bond acceptors (Lipinski definition) is 3. The lowest BCUT2D eigenvalue weighted by Crippen LogP contribution is -2.12. The number of benzene rings is 2. The molecule has 22 heavy (non-hydrogen) atoms. The maximum absolute atomic E-state index is 12.3. The van der Waals surface area contributed by atoms with E-state index in [9.17, 15) is 13.2 Å². The number of hydrogen-bond donors (Lipinski definition) is 1. The Labute approximate surface area is 138 Å². The van der Waals surface area contributed by atoms with Gasteiger partial charge in [-0.1, -0.05) is 29.8 Å². The molecule has 1 N–H and O–H groups in total. The van der Waals surface area contributed by atoms with E-state index < -0.39 is 15.3 Å². The van der Waals surface area contributed by atoms with Gasteiger partial charge in [-0.15, -0.1) is 0 Å². The fourth-order valence-electron chi connectivity index (χ4n) is 1.68. The number of allylic oxidation sites excluding steroid dienone is 1. The molecule has 0 amide bonds. The van der Waals surface area contributed by atoms with Crippen LogP contribution in [0.3, 0.4) is 0 Å². The van der Waals surface area contributed by atoms with Crippen molar-refractivity contribution < 1.29 is 13.2 Å². The predicted octanol–water partition coefficient (Wildman–Crippen LogP) is 3.92. The third-order valence-corrected chi connectivity index (χ3v) is 4.43. The molecular weight excluding hydrogens is 345 g/mol. The van der Waals surface area contributed by atoms with Gasteiger partial charge in [0.05, 0.1) is 4.90 Å². The van der Waals surface area contributed by atoms with Gasteiger partial charge in [0.25, 0.3) is 10.0 Å². The highest BCUT2D eigenvalue weighted by atomic mass is 35.5. The number of sulfonamides is 1. The molecule has 4 nitrogen and oxygen atoms in total. The van der Waals surface area contributed by atoms with Crippen molar-refractivity contribution >= 4 is 50.2 Å². The number of rotatable bonds is 5. The minimum Gasteiger partial charge on any atom is -0.280 e. The van der Waals surface area contributed by atoms with Gasteiger partial charge < -0.3 is 0 Å². The van der Waals surface area contributed by atoms with Gasteiger partial charge in [-0.2, -0.15) is 0 Å². The molecule has 0 saturated heterocycles. The molecule has 0 aliphatic heterocycles. The first-order valence-corrected chi connectivity index (χ1v) is 8.37. The second kappa shape index (κ2) is 6.96. The van der Waals surface area contributed by atoms with Gasteiger partial charge >= 0.3 is 0 Å². The zero-order valence-electron chi connectivity index (χ0n) is 11.2. The first-order valence-electron chi connectivity index (χ1n) is 6.13. The average Bonchev–Trinajstić information content (AvgIpc) is 2.48. The summed E-state index contributed by atoms with van der Waals surface area (Å²) in [6.45, 7) is 0. The SMILES string of the molecule is O=C(Cl)C=Cc1cccc(S(=O)(=O)Nc2ccc(Cl)cc2)c1. The second-order valence-electron chi connectivity index (χ2n) is 4.32. The van der Waals surface area contributed by atoms with Gasteiger partial charge in [0, 0.05) is 10.7 Å². The van der Waals surface area contributed by atoms with E-state index in [1.807, 2.05) is 0 Å². The van der Waals surface area contributed by atoms with E-state index in [1.165, 1.54) is 18.2 Å². The van der Waals surface area contributed by atoms with Gasteiger partial charge in [-0.05, 0) is 59.6 Å². The van der Waals surface area contributed by atoms with Crippen molar-refractivity contribution in [2.24, 2.45) is 0 Å². The molecule has 0 aromatic heterocycles. The van der Waals surface area contributed by atoms with Crippen LogP contribution in [0.2, 0.25) is 5.02 Å². The summed E-state index contributed by atoms with van der Waals surface area (Å²) in [4.78, 5) is 10.8. The lowest BCUT2D eigenvalue weighted by atomic mass is 10.2. The number of carbonyl (C=O) groups is 1. The van der Waals surface area contributed by atoms with Crippen molar-refractivity contribution in [1.82, 2.24) is 0 Å². The minimum absolute atomic E-state index is 0.0756. The Kier molecular flexibility index (Phi) is 5.24. The Morgan fingerprint density at radius 2 is 1.77 bits per heavy atom. The Hall–Kier alpha value is -1.82. The molecular formula is C15H11Cl2NO3S. The summed E-state index contributed by atoms with van der Waals surface area (Å²) in [5.74, 6) is 0. The van der Waals surface area contributed by atoms with Crippen LogP contribution < -0.4 is 4.72 Å². The molecule has 7 heteroatoms. The molecule has 0 atom stereocenters. The van der Waals surface area contributed by atoms with Crippen molar-refractivity contribution in [3.05, 3.63) is 65.2 Å². The summed E-state index contributed by atoms with van der Waals surface area (Å²) in [6, 6.07) is 12.4. The third-order valence-electron chi connectivity index (χ3n) is 2.67. The standard InChI is InChI=1S/C15H11Cl2NO3S/c16-12-5-7-13(8-6-12)18-22(20,21)14-3-1-2-11(10-14)4-9-15(17)19/h1-10,18H. The Balaban J connectivity index is 2.27. The van der Waals surface area contributed by atoms with Crippen molar-refractivity contribution in [3.8, 4) is 0 Å². The van der Waals surface area contributed by atoms with Crippen molar-refractivity contribution in [2.75, 3.05) is 4.72 Å². The molecule has 0 heterocycles. The van der Waals surface area contributed by atoms with Crippen LogP contribution in [0, 0.1) is 0 Å². The van der Waals surface area contributed by atoms with Crippen molar-refractivity contribution in [2.45, 2.75) is 4.90 Å². The number of carbonyl (C=O) groups excluding carboxylic acids is 1. The van der Waals surface area contributed by atoms with Gasteiger partial charge in [-0.25, -0.2) is 8.42 Å². The van der Waals surface area contributed by atoms with E-state index in [0.29, 0.717) is 16.3 Å². The van der Waals surface area contributed by atoms with Crippen LogP contribution in [-0.4, -0.2) is 13.7 Å². The quantitative estimate of drug-likeness (QED) is 0.652. The van der Waals surface area contributed by atoms with E-state index in [0.717, 1.165) is 6.08 Å². The number of halogens is 2. The highest BCUT2D eigenvalue weighted by Gasteiger charge is 2.14. The van der Waals surface area contributed by atoms with E-state index in [2.05, 4.69) is 4.72 Å². The van der Waals surface area contributed by atoms with Gasteiger partial charge in [-0.3, -0.25) is 9.52 Å². The average molecular weight is 356 g/mol. The lowest BCUT2D eigenvalue weighted by molar-refractivity contribution is -0.107. The first kappa shape index (κ1) is 16.5.